The van der Waals surface area contributed by atoms with Crippen LogP contribution >= 0.6 is 11.6 Å². The van der Waals surface area contributed by atoms with Crippen molar-refractivity contribution in [2.75, 3.05) is 18.5 Å². The van der Waals surface area contributed by atoms with Crippen molar-refractivity contribution in [2.45, 2.75) is 25.0 Å². The third kappa shape index (κ3) is 4.97. The van der Waals surface area contributed by atoms with E-state index in [0.717, 1.165) is 0 Å². The summed E-state index contributed by atoms with van der Waals surface area (Å²) in [5.41, 5.74) is 1.31. The van der Waals surface area contributed by atoms with Crippen LogP contribution in [0.25, 0.3) is 11.0 Å². The minimum atomic E-state index is -0.548. The highest BCUT2D eigenvalue weighted by Gasteiger charge is 2.26. The molecule has 0 unspecified atom stereocenters. The van der Waals surface area contributed by atoms with Gasteiger partial charge in [-0.15, -0.1) is 0 Å². The van der Waals surface area contributed by atoms with Gasteiger partial charge in [0.05, 0.1) is 52.7 Å². The van der Waals surface area contributed by atoms with E-state index in [4.69, 9.17) is 21.1 Å². The summed E-state index contributed by atoms with van der Waals surface area (Å²) in [6.45, 7) is 0.286. The fourth-order valence-corrected chi connectivity index (χ4v) is 4.44. The van der Waals surface area contributed by atoms with Crippen molar-refractivity contribution < 1.29 is 23.8 Å². The average Bonchev–Trinajstić information content (AvgIpc) is 3.35. The van der Waals surface area contributed by atoms with E-state index in [0.29, 0.717) is 36.2 Å². The van der Waals surface area contributed by atoms with Crippen molar-refractivity contribution in [1.82, 2.24) is 15.0 Å². The number of hydrogen-bond acceptors (Lipinski definition) is 8. The number of carbonyl (C=O) groups is 1. The fourth-order valence-electron chi connectivity index (χ4n) is 4.20. The van der Waals surface area contributed by atoms with Gasteiger partial charge >= 0.3 is 0 Å². The molecular formula is C26H21ClFN5O4. The van der Waals surface area contributed by atoms with E-state index in [1.54, 1.807) is 12.1 Å². The summed E-state index contributed by atoms with van der Waals surface area (Å²) < 4.78 is 25.1. The summed E-state index contributed by atoms with van der Waals surface area (Å²) in [6, 6.07) is 9.27. The van der Waals surface area contributed by atoms with E-state index in [1.807, 2.05) is 0 Å². The molecule has 5 rings (SSSR count). The summed E-state index contributed by atoms with van der Waals surface area (Å²) in [7, 11) is 0. The largest absolute Gasteiger partial charge is 0.453 e. The standard InChI is InChI=1S/C26H21ClFN5O4/c27-19-7-17(37-21-4-2-1-3-20(21)28)10-30-24(19)25(35)18-11-32-26-22(18)23(14(8-29)9-31-26)33-15-5-6-16(12-34)36-13-15/h1-4,7,9-11,15-16,34H,5-6,12-13H2,(H2,31,32,33)/t15-,16+/m1/s1. The zero-order chi connectivity index (χ0) is 25.9. The van der Waals surface area contributed by atoms with Gasteiger partial charge in [0.15, 0.2) is 11.6 Å². The number of H-pyrrole nitrogens is 1. The lowest BCUT2D eigenvalue weighted by molar-refractivity contribution is -0.0223. The Balaban J connectivity index is 1.47. The van der Waals surface area contributed by atoms with Crippen LogP contribution in [0.1, 0.15) is 34.5 Å². The number of nitrogens with zero attached hydrogens (tertiary/aromatic N) is 3. The van der Waals surface area contributed by atoms with Gasteiger partial charge in [0, 0.05) is 24.5 Å². The van der Waals surface area contributed by atoms with Gasteiger partial charge in [-0.1, -0.05) is 23.7 Å². The molecule has 0 saturated carbocycles. The highest BCUT2D eigenvalue weighted by molar-refractivity contribution is 6.35. The smallest absolute Gasteiger partial charge is 0.215 e. The number of aromatic amines is 1. The van der Waals surface area contributed by atoms with E-state index >= 15 is 0 Å². The van der Waals surface area contributed by atoms with Crippen molar-refractivity contribution in [3.05, 3.63) is 76.6 Å². The van der Waals surface area contributed by atoms with Gasteiger partial charge in [-0.05, 0) is 25.0 Å². The quantitative estimate of drug-likeness (QED) is 0.300. The Hall–Kier alpha value is -4.04. The molecule has 1 fully saturated rings. The molecule has 1 aliphatic heterocycles. The number of ether oxygens (including phenoxy) is 2. The summed E-state index contributed by atoms with van der Waals surface area (Å²) in [5, 5.41) is 22.8. The molecule has 1 aliphatic rings. The molecule has 1 saturated heterocycles. The first-order valence-electron chi connectivity index (χ1n) is 11.5. The molecule has 0 spiro atoms. The highest BCUT2D eigenvalue weighted by atomic mass is 35.5. The molecule has 0 amide bonds. The molecule has 0 aliphatic carbocycles. The van der Waals surface area contributed by atoms with Crippen molar-refractivity contribution >= 4 is 34.1 Å². The molecule has 3 N–H and O–H groups in total. The maximum absolute atomic E-state index is 13.9. The lowest BCUT2D eigenvalue weighted by Crippen LogP contribution is -2.36. The number of aromatic nitrogens is 3. The Kier molecular flexibility index (Phi) is 7.01. The van der Waals surface area contributed by atoms with Crippen LogP contribution in [0.2, 0.25) is 5.02 Å². The predicted octanol–water partition coefficient (Wildman–Crippen LogP) is 4.60. The number of aliphatic hydroxyl groups excluding tert-OH is 1. The molecule has 2 atom stereocenters. The van der Waals surface area contributed by atoms with Crippen LogP contribution in [0.15, 0.2) is 48.9 Å². The van der Waals surface area contributed by atoms with Gasteiger partial charge in [0.2, 0.25) is 5.78 Å². The molecule has 4 aromatic rings. The summed E-state index contributed by atoms with van der Waals surface area (Å²) in [5.74, 6) is -0.874. The Morgan fingerprint density at radius 1 is 1.32 bits per heavy atom. The van der Waals surface area contributed by atoms with E-state index in [2.05, 4.69) is 26.3 Å². The SMILES string of the molecule is N#Cc1cnc2[nH]cc(C(=O)c3ncc(Oc4ccccc4F)cc3Cl)c2c1N[C@@H]1CC[C@@H](CO)OC1. The van der Waals surface area contributed by atoms with Crippen molar-refractivity contribution in [1.29, 1.82) is 5.26 Å². The Morgan fingerprint density at radius 2 is 2.16 bits per heavy atom. The molecule has 11 heteroatoms. The van der Waals surface area contributed by atoms with E-state index in [9.17, 15) is 19.6 Å². The van der Waals surface area contributed by atoms with Crippen molar-refractivity contribution in [3.63, 3.8) is 0 Å². The number of nitrogens with one attached hydrogen (secondary N) is 2. The number of para-hydroxylation sites is 1. The number of rotatable bonds is 7. The number of halogens is 2. The van der Waals surface area contributed by atoms with Crippen LogP contribution in [-0.4, -0.2) is 51.2 Å². The number of carbonyl (C=O) groups excluding carboxylic acids is 1. The molecule has 4 heterocycles. The number of aliphatic hydroxyl groups is 1. The second kappa shape index (κ2) is 10.5. The van der Waals surface area contributed by atoms with Crippen LogP contribution in [0, 0.1) is 17.1 Å². The summed E-state index contributed by atoms with van der Waals surface area (Å²) in [6.07, 6.45) is 5.36. The number of hydrogen-bond donors (Lipinski definition) is 3. The van der Waals surface area contributed by atoms with Gasteiger partial charge < -0.3 is 24.9 Å². The predicted molar refractivity (Wildman–Crippen MR) is 133 cm³/mol. The van der Waals surface area contributed by atoms with Crippen LogP contribution in [0.3, 0.4) is 0 Å². The molecule has 1 aromatic carbocycles. The first kappa shape index (κ1) is 24.6. The number of fused-ring (bicyclic) bond motifs is 1. The summed E-state index contributed by atoms with van der Waals surface area (Å²) in [4.78, 5) is 25.0. The van der Waals surface area contributed by atoms with Crippen molar-refractivity contribution in [2.24, 2.45) is 0 Å². The number of pyridine rings is 2. The number of benzene rings is 1. The minimum absolute atomic E-state index is 0.00102. The highest BCUT2D eigenvalue weighted by Crippen LogP contribution is 2.34. The number of ketones is 1. The van der Waals surface area contributed by atoms with Crippen LogP contribution in [0.4, 0.5) is 10.1 Å². The topological polar surface area (TPSA) is 133 Å². The van der Waals surface area contributed by atoms with Gasteiger partial charge in [-0.2, -0.15) is 5.26 Å². The number of anilines is 1. The Labute approximate surface area is 215 Å². The maximum atomic E-state index is 13.9. The lowest BCUT2D eigenvalue weighted by atomic mass is 10.0. The lowest BCUT2D eigenvalue weighted by Gasteiger charge is -2.29. The molecule has 3 aromatic heterocycles. The molecule has 37 heavy (non-hydrogen) atoms. The third-order valence-corrected chi connectivity index (χ3v) is 6.37. The zero-order valence-corrected chi connectivity index (χ0v) is 20.1. The van der Waals surface area contributed by atoms with Crippen molar-refractivity contribution in [3.8, 4) is 17.6 Å². The zero-order valence-electron chi connectivity index (χ0n) is 19.4. The fraction of sp³-hybridized carbons (Fsp3) is 0.231. The Bertz CT molecular complexity index is 1510. The molecule has 188 valence electrons. The second-order valence-electron chi connectivity index (χ2n) is 8.50. The molecule has 0 bridgehead atoms. The molecule has 9 nitrogen and oxygen atoms in total. The normalized spacial score (nSPS) is 17.4. The first-order chi connectivity index (χ1) is 18.0. The number of nitriles is 1. The average molecular weight is 522 g/mol. The molecular weight excluding hydrogens is 501 g/mol. The minimum Gasteiger partial charge on any atom is -0.453 e. The van der Waals surface area contributed by atoms with Crippen LogP contribution < -0.4 is 10.1 Å². The first-order valence-corrected chi connectivity index (χ1v) is 11.9. The van der Waals surface area contributed by atoms with Crippen LogP contribution in [0.5, 0.6) is 11.5 Å². The van der Waals surface area contributed by atoms with Gasteiger partial charge in [-0.3, -0.25) is 4.79 Å². The van der Waals surface area contributed by atoms with E-state index in [-0.39, 0.29) is 52.1 Å². The maximum Gasteiger partial charge on any atom is 0.215 e. The van der Waals surface area contributed by atoms with Gasteiger partial charge in [-0.25, -0.2) is 14.4 Å². The Morgan fingerprint density at radius 3 is 2.86 bits per heavy atom. The monoisotopic (exact) mass is 521 g/mol. The van der Waals surface area contributed by atoms with E-state index in [1.165, 1.54) is 36.8 Å². The van der Waals surface area contributed by atoms with Gasteiger partial charge in [0.25, 0.3) is 0 Å². The van der Waals surface area contributed by atoms with Gasteiger partial charge in [0.1, 0.15) is 23.2 Å². The van der Waals surface area contributed by atoms with E-state index < -0.39 is 11.6 Å². The molecule has 0 radical (unpaired) electrons. The summed E-state index contributed by atoms with van der Waals surface area (Å²) >= 11 is 6.39. The third-order valence-electron chi connectivity index (χ3n) is 6.08. The van der Waals surface area contributed by atoms with Crippen LogP contribution in [-0.2, 0) is 4.74 Å². The second-order valence-corrected chi connectivity index (χ2v) is 8.91.